The second kappa shape index (κ2) is 2.98. The predicted molar refractivity (Wildman–Crippen MR) is 49.2 cm³/mol. The van der Waals surface area contributed by atoms with Crippen molar-refractivity contribution in [3.05, 3.63) is 0 Å². The fourth-order valence-electron chi connectivity index (χ4n) is 2.41. The van der Waals surface area contributed by atoms with E-state index >= 15 is 0 Å². The van der Waals surface area contributed by atoms with E-state index in [1.54, 1.807) is 0 Å². The van der Waals surface area contributed by atoms with Gasteiger partial charge in [0.1, 0.15) is 0 Å². The van der Waals surface area contributed by atoms with Gasteiger partial charge in [-0.05, 0) is 25.7 Å². The van der Waals surface area contributed by atoms with Gasteiger partial charge in [0.05, 0.1) is 11.7 Å². The van der Waals surface area contributed by atoms with Crippen LogP contribution in [-0.2, 0) is 4.74 Å². The highest BCUT2D eigenvalue weighted by atomic mass is 32.1. The minimum absolute atomic E-state index is 0.313. The Balaban J connectivity index is 1.96. The van der Waals surface area contributed by atoms with Gasteiger partial charge in [-0.15, -0.1) is 0 Å². The molecule has 2 aliphatic rings. The van der Waals surface area contributed by atoms with Crippen LogP contribution in [0.15, 0.2) is 0 Å². The first-order valence-electron chi connectivity index (χ1n) is 4.63. The van der Waals surface area contributed by atoms with Crippen molar-refractivity contribution in [2.24, 2.45) is 0 Å². The molecule has 1 unspecified atom stereocenters. The molecule has 1 aliphatic carbocycles. The fourth-order valence-corrected chi connectivity index (χ4v) is 2.67. The third-order valence-corrected chi connectivity index (χ3v) is 3.46. The van der Waals surface area contributed by atoms with Crippen LogP contribution in [0.4, 0.5) is 0 Å². The van der Waals surface area contributed by atoms with Crippen molar-refractivity contribution in [2.75, 3.05) is 5.75 Å². The van der Waals surface area contributed by atoms with E-state index in [0.717, 1.165) is 5.75 Å². The van der Waals surface area contributed by atoms with Gasteiger partial charge in [-0.1, -0.05) is 12.8 Å². The Kier molecular flexibility index (Phi) is 2.15. The summed E-state index contributed by atoms with van der Waals surface area (Å²) >= 11 is 4.27. The molecular formula is C9H16OS. The van der Waals surface area contributed by atoms with Gasteiger partial charge in [0, 0.05) is 5.75 Å². The van der Waals surface area contributed by atoms with Gasteiger partial charge in [-0.2, -0.15) is 12.6 Å². The van der Waals surface area contributed by atoms with Gasteiger partial charge in [-0.25, -0.2) is 0 Å². The Morgan fingerprint density at radius 1 is 1.27 bits per heavy atom. The maximum atomic E-state index is 5.98. The first kappa shape index (κ1) is 7.93. The third kappa shape index (κ3) is 1.43. The summed E-state index contributed by atoms with van der Waals surface area (Å²) < 4.78 is 5.98. The molecule has 0 aromatic rings. The smallest absolute Gasteiger partial charge is 0.0687 e. The molecule has 2 heteroatoms. The minimum Gasteiger partial charge on any atom is -0.371 e. The highest BCUT2D eigenvalue weighted by Crippen LogP contribution is 2.43. The second-order valence-electron chi connectivity index (χ2n) is 3.85. The summed E-state index contributed by atoms with van der Waals surface area (Å²) in [7, 11) is 0. The summed E-state index contributed by atoms with van der Waals surface area (Å²) in [5.74, 6) is 0.905. The van der Waals surface area contributed by atoms with E-state index in [1.807, 2.05) is 0 Å². The van der Waals surface area contributed by atoms with E-state index in [2.05, 4.69) is 12.6 Å². The highest BCUT2D eigenvalue weighted by Gasteiger charge is 2.41. The Hall–Kier alpha value is 0.310. The highest BCUT2D eigenvalue weighted by molar-refractivity contribution is 7.80. The average Bonchev–Trinajstić information content (AvgIpc) is 2.62. The zero-order chi connectivity index (χ0) is 7.73. The molecule has 1 atom stereocenters. The molecule has 11 heavy (non-hydrogen) atoms. The third-order valence-electron chi connectivity index (χ3n) is 3.06. The SMILES string of the molecule is SCC1CCC2(CCCC2)O1. The predicted octanol–water partition coefficient (Wildman–Crippen LogP) is 2.41. The molecule has 1 aliphatic heterocycles. The Labute approximate surface area is 73.9 Å². The van der Waals surface area contributed by atoms with E-state index in [0.29, 0.717) is 11.7 Å². The van der Waals surface area contributed by atoms with E-state index in [-0.39, 0.29) is 0 Å². The van der Waals surface area contributed by atoms with Crippen molar-refractivity contribution >= 4 is 12.6 Å². The fraction of sp³-hybridized carbons (Fsp3) is 1.00. The zero-order valence-corrected chi connectivity index (χ0v) is 7.78. The summed E-state index contributed by atoms with van der Waals surface area (Å²) in [6.45, 7) is 0. The van der Waals surface area contributed by atoms with Gasteiger partial charge in [0.25, 0.3) is 0 Å². The molecule has 0 amide bonds. The topological polar surface area (TPSA) is 9.23 Å². The summed E-state index contributed by atoms with van der Waals surface area (Å²) in [5.41, 5.74) is 0.313. The number of ether oxygens (including phenoxy) is 1. The van der Waals surface area contributed by atoms with Crippen LogP contribution >= 0.6 is 12.6 Å². The lowest BCUT2D eigenvalue weighted by molar-refractivity contribution is -0.0266. The average molecular weight is 172 g/mol. The van der Waals surface area contributed by atoms with E-state index in [4.69, 9.17) is 4.74 Å². The van der Waals surface area contributed by atoms with Crippen LogP contribution in [0.2, 0.25) is 0 Å². The minimum atomic E-state index is 0.313. The lowest BCUT2D eigenvalue weighted by atomic mass is 9.98. The lowest BCUT2D eigenvalue weighted by Crippen LogP contribution is -2.25. The van der Waals surface area contributed by atoms with Crippen LogP contribution in [0.25, 0.3) is 0 Å². The van der Waals surface area contributed by atoms with Crippen molar-refractivity contribution < 1.29 is 4.74 Å². The molecule has 0 N–H and O–H groups in total. The van der Waals surface area contributed by atoms with Crippen LogP contribution < -0.4 is 0 Å². The van der Waals surface area contributed by atoms with E-state index < -0.39 is 0 Å². The number of hydrogen-bond donors (Lipinski definition) is 1. The van der Waals surface area contributed by atoms with Gasteiger partial charge in [0.15, 0.2) is 0 Å². The molecule has 0 radical (unpaired) electrons. The first-order chi connectivity index (χ1) is 5.35. The van der Waals surface area contributed by atoms with Gasteiger partial charge < -0.3 is 4.74 Å². The van der Waals surface area contributed by atoms with E-state index in [9.17, 15) is 0 Å². The molecule has 64 valence electrons. The molecule has 1 saturated heterocycles. The summed E-state index contributed by atoms with van der Waals surface area (Å²) in [4.78, 5) is 0. The summed E-state index contributed by atoms with van der Waals surface area (Å²) in [5, 5.41) is 0. The molecule has 1 nitrogen and oxygen atoms in total. The number of thiol groups is 1. The molecule has 1 heterocycles. The van der Waals surface area contributed by atoms with Crippen molar-refractivity contribution in [3.63, 3.8) is 0 Å². The first-order valence-corrected chi connectivity index (χ1v) is 5.27. The molecular weight excluding hydrogens is 156 g/mol. The number of hydrogen-bond acceptors (Lipinski definition) is 2. The molecule has 0 bridgehead atoms. The van der Waals surface area contributed by atoms with Crippen molar-refractivity contribution in [2.45, 2.75) is 50.2 Å². The summed E-state index contributed by atoms with van der Waals surface area (Å²) in [6.07, 6.45) is 8.34. The molecule has 1 saturated carbocycles. The molecule has 1 spiro atoms. The molecule has 0 aromatic heterocycles. The summed E-state index contributed by atoms with van der Waals surface area (Å²) in [6, 6.07) is 0. The van der Waals surface area contributed by atoms with Crippen LogP contribution in [0.1, 0.15) is 38.5 Å². The van der Waals surface area contributed by atoms with Crippen LogP contribution in [0, 0.1) is 0 Å². The normalized spacial score (nSPS) is 35.2. The Morgan fingerprint density at radius 3 is 2.55 bits per heavy atom. The maximum absolute atomic E-state index is 5.98. The van der Waals surface area contributed by atoms with Crippen LogP contribution in [0.3, 0.4) is 0 Å². The zero-order valence-electron chi connectivity index (χ0n) is 6.88. The standard InChI is InChI=1S/C9H16OS/c11-7-8-3-6-9(10-8)4-1-2-5-9/h8,11H,1-7H2. The van der Waals surface area contributed by atoms with Crippen molar-refractivity contribution in [1.82, 2.24) is 0 Å². The monoisotopic (exact) mass is 172 g/mol. The lowest BCUT2D eigenvalue weighted by Gasteiger charge is -2.23. The van der Waals surface area contributed by atoms with Crippen LogP contribution in [-0.4, -0.2) is 17.5 Å². The van der Waals surface area contributed by atoms with Crippen molar-refractivity contribution in [1.29, 1.82) is 0 Å². The Morgan fingerprint density at radius 2 is 2.00 bits per heavy atom. The van der Waals surface area contributed by atoms with Gasteiger partial charge in [0.2, 0.25) is 0 Å². The van der Waals surface area contributed by atoms with Crippen molar-refractivity contribution in [3.8, 4) is 0 Å². The maximum Gasteiger partial charge on any atom is 0.0687 e. The van der Waals surface area contributed by atoms with Gasteiger partial charge in [-0.3, -0.25) is 0 Å². The number of rotatable bonds is 1. The Bertz CT molecular complexity index is 140. The molecule has 2 rings (SSSR count). The largest absolute Gasteiger partial charge is 0.371 e. The second-order valence-corrected chi connectivity index (χ2v) is 4.22. The molecule has 0 aromatic carbocycles. The van der Waals surface area contributed by atoms with E-state index in [1.165, 1.54) is 38.5 Å². The van der Waals surface area contributed by atoms with Gasteiger partial charge >= 0.3 is 0 Å². The van der Waals surface area contributed by atoms with Crippen LogP contribution in [0.5, 0.6) is 0 Å². The quantitative estimate of drug-likeness (QED) is 0.598. The molecule has 2 fully saturated rings.